The van der Waals surface area contributed by atoms with E-state index in [4.69, 9.17) is 4.74 Å². The van der Waals surface area contributed by atoms with Crippen LogP contribution < -0.4 is 4.74 Å². The van der Waals surface area contributed by atoms with Crippen LogP contribution in [-0.2, 0) is 0 Å². The van der Waals surface area contributed by atoms with Gasteiger partial charge in [-0.25, -0.2) is 4.99 Å². The largest absolute Gasteiger partial charge is 0.497 e. The minimum absolute atomic E-state index is 0.0691. The Morgan fingerprint density at radius 1 is 1.14 bits per heavy atom. The molecule has 0 aliphatic carbocycles. The van der Waals surface area contributed by atoms with Gasteiger partial charge in [-0.15, -0.1) is 0 Å². The average Bonchev–Trinajstić information content (AvgIpc) is 2.52. The maximum Gasteiger partial charge on any atom is 0.195 e. The molecule has 0 aliphatic heterocycles. The fraction of sp³-hybridized carbons (Fsp3) is 0.176. The summed E-state index contributed by atoms with van der Waals surface area (Å²) >= 11 is 0. The first-order valence-electron chi connectivity index (χ1n) is 6.60. The second-order valence-corrected chi connectivity index (χ2v) is 4.79. The summed E-state index contributed by atoms with van der Waals surface area (Å²) in [4.78, 5) is 18.8. The number of methoxy groups -OCH3 is 1. The molecule has 0 atom stereocenters. The minimum atomic E-state index is -0.0691. The molecule has 0 aliphatic rings. The zero-order valence-electron chi connectivity index (χ0n) is 12.4. The maximum absolute atomic E-state index is 12.6. The Morgan fingerprint density at radius 3 is 2.48 bits per heavy atom. The number of hydrogen-bond acceptors (Lipinski definition) is 3. The van der Waals surface area contributed by atoms with Crippen molar-refractivity contribution in [1.29, 1.82) is 0 Å². The lowest BCUT2D eigenvalue weighted by molar-refractivity contribution is 0.103. The number of aliphatic imine (C=N–C) groups is 1. The number of benzene rings is 2. The highest BCUT2D eigenvalue weighted by atomic mass is 16.5. The van der Waals surface area contributed by atoms with E-state index >= 15 is 0 Å². The Kier molecular flexibility index (Phi) is 4.72. The van der Waals surface area contributed by atoms with E-state index in [1.807, 2.05) is 37.2 Å². The van der Waals surface area contributed by atoms with Crippen molar-refractivity contribution in [2.45, 2.75) is 0 Å². The molecule has 2 rings (SSSR count). The van der Waals surface area contributed by atoms with Crippen molar-refractivity contribution in [3.05, 3.63) is 59.7 Å². The molecule has 2 aromatic rings. The molecule has 0 amide bonds. The van der Waals surface area contributed by atoms with Gasteiger partial charge in [-0.1, -0.05) is 30.3 Å². The summed E-state index contributed by atoms with van der Waals surface area (Å²) in [5.41, 5.74) is 1.78. The van der Waals surface area contributed by atoms with Gasteiger partial charge in [-0.3, -0.25) is 4.79 Å². The molecule has 0 spiro atoms. The standard InChI is InChI=1S/C17H18N2O2/c1-19(2)12-18-16-10-9-14(21-3)11-15(16)17(20)13-7-5-4-6-8-13/h4-12H,1-3H3. The average molecular weight is 282 g/mol. The third kappa shape index (κ3) is 3.69. The number of ether oxygens (including phenoxy) is 1. The fourth-order valence-corrected chi connectivity index (χ4v) is 1.86. The van der Waals surface area contributed by atoms with E-state index in [1.165, 1.54) is 0 Å². The van der Waals surface area contributed by atoms with Gasteiger partial charge in [-0.2, -0.15) is 0 Å². The second-order valence-electron chi connectivity index (χ2n) is 4.79. The van der Waals surface area contributed by atoms with Crippen LogP contribution in [0, 0.1) is 0 Å². The molecular weight excluding hydrogens is 264 g/mol. The molecule has 0 aromatic heterocycles. The van der Waals surface area contributed by atoms with Gasteiger partial charge in [-0.05, 0) is 18.2 Å². The van der Waals surface area contributed by atoms with Crippen molar-refractivity contribution in [3.8, 4) is 5.75 Å². The Balaban J connectivity index is 2.46. The Bertz CT molecular complexity index is 649. The van der Waals surface area contributed by atoms with E-state index in [0.29, 0.717) is 22.6 Å². The highest BCUT2D eigenvalue weighted by Crippen LogP contribution is 2.26. The fourth-order valence-electron chi connectivity index (χ4n) is 1.86. The van der Waals surface area contributed by atoms with Gasteiger partial charge >= 0.3 is 0 Å². The third-order valence-corrected chi connectivity index (χ3v) is 2.91. The van der Waals surface area contributed by atoms with Gasteiger partial charge in [0.25, 0.3) is 0 Å². The van der Waals surface area contributed by atoms with Gasteiger partial charge in [0.1, 0.15) is 5.75 Å². The molecule has 0 bridgehead atoms. The second kappa shape index (κ2) is 6.70. The Morgan fingerprint density at radius 2 is 1.86 bits per heavy atom. The summed E-state index contributed by atoms with van der Waals surface area (Å²) in [6, 6.07) is 14.5. The van der Waals surface area contributed by atoms with Crippen LogP contribution in [0.4, 0.5) is 5.69 Å². The zero-order valence-corrected chi connectivity index (χ0v) is 12.4. The van der Waals surface area contributed by atoms with E-state index in [0.717, 1.165) is 0 Å². The molecule has 2 aromatic carbocycles. The number of rotatable bonds is 5. The minimum Gasteiger partial charge on any atom is -0.497 e. The number of carbonyl (C=O) groups is 1. The number of ketones is 1. The molecule has 0 heterocycles. The molecule has 21 heavy (non-hydrogen) atoms. The van der Waals surface area contributed by atoms with Crippen LogP contribution in [0.25, 0.3) is 0 Å². The van der Waals surface area contributed by atoms with Crippen molar-refractivity contribution in [2.75, 3.05) is 21.2 Å². The van der Waals surface area contributed by atoms with Gasteiger partial charge < -0.3 is 9.64 Å². The molecular formula is C17H18N2O2. The zero-order chi connectivity index (χ0) is 15.2. The number of carbonyl (C=O) groups excluding carboxylic acids is 1. The lowest BCUT2D eigenvalue weighted by Crippen LogP contribution is -2.08. The van der Waals surface area contributed by atoms with Crippen molar-refractivity contribution in [2.24, 2.45) is 4.99 Å². The SMILES string of the molecule is COc1ccc(N=CN(C)C)c(C(=O)c2ccccc2)c1. The van der Waals surface area contributed by atoms with Gasteiger partial charge in [0.2, 0.25) is 0 Å². The van der Waals surface area contributed by atoms with Crippen molar-refractivity contribution in [3.63, 3.8) is 0 Å². The van der Waals surface area contributed by atoms with Crippen LogP contribution in [0.5, 0.6) is 5.75 Å². The van der Waals surface area contributed by atoms with E-state index < -0.39 is 0 Å². The van der Waals surface area contributed by atoms with Crippen molar-refractivity contribution >= 4 is 17.8 Å². The third-order valence-electron chi connectivity index (χ3n) is 2.91. The molecule has 108 valence electrons. The lowest BCUT2D eigenvalue weighted by Gasteiger charge is -2.09. The van der Waals surface area contributed by atoms with Crippen LogP contribution >= 0.6 is 0 Å². The van der Waals surface area contributed by atoms with E-state index in [9.17, 15) is 4.79 Å². The molecule has 0 N–H and O–H groups in total. The van der Waals surface area contributed by atoms with Crippen molar-refractivity contribution < 1.29 is 9.53 Å². The molecule has 0 radical (unpaired) electrons. The van der Waals surface area contributed by atoms with E-state index in [-0.39, 0.29) is 5.78 Å². The van der Waals surface area contributed by atoms with E-state index in [1.54, 1.807) is 43.8 Å². The summed E-state index contributed by atoms with van der Waals surface area (Å²) in [6.45, 7) is 0. The van der Waals surface area contributed by atoms with Crippen LogP contribution in [0.15, 0.2) is 53.5 Å². The predicted molar refractivity (Wildman–Crippen MR) is 84.7 cm³/mol. The van der Waals surface area contributed by atoms with Crippen LogP contribution in [-0.4, -0.2) is 38.2 Å². The molecule has 4 heteroatoms. The normalized spacial score (nSPS) is 10.6. The first-order valence-corrected chi connectivity index (χ1v) is 6.60. The summed E-state index contributed by atoms with van der Waals surface area (Å²) in [7, 11) is 5.34. The highest BCUT2D eigenvalue weighted by molar-refractivity contribution is 6.12. The van der Waals surface area contributed by atoms with Gasteiger partial charge in [0.05, 0.1) is 24.7 Å². The van der Waals surface area contributed by atoms with Crippen LogP contribution in [0.2, 0.25) is 0 Å². The van der Waals surface area contributed by atoms with E-state index in [2.05, 4.69) is 4.99 Å². The molecule has 0 saturated carbocycles. The number of nitrogens with zero attached hydrogens (tertiary/aromatic N) is 2. The first kappa shape index (κ1) is 14.8. The number of hydrogen-bond donors (Lipinski definition) is 0. The van der Waals surface area contributed by atoms with Crippen LogP contribution in [0.3, 0.4) is 0 Å². The highest BCUT2D eigenvalue weighted by Gasteiger charge is 2.14. The van der Waals surface area contributed by atoms with Crippen molar-refractivity contribution in [1.82, 2.24) is 4.90 Å². The Labute approximate surface area is 124 Å². The molecule has 0 unspecified atom stereocenters. The summed E-state index contributed by atoms with van der Waals surface area (Å²) in [6.07, 6.45) is 1.67. The molecule has 4 nitrogen and oxygen atoms in total. The topological polar surface area (TPSA) is 41.9 Å². The predicted octanol–water partition coefficient (Wildman–Crippen LogP) is 3.15. The quantitative estimate of drug-likeness (QED) is 0.480. The monoisotopic (exact) mass is 282 g/mol. The summed E-state index contributed by atoms with van der Waals surface area (Å²) in [5, 5.41) is 0. The van der Waals surface area contributed by atoms with Gasteiger partial charge in [0, 0.05) is 19.7 Å². The summed E-state index contributed by atoms with van der Waals surface area (Å²) < 4.78 is 5.21. The smallest absolute Gasteiger partial charge is 0.195 e. The van der Waals surface area contributed by atoms with Gasteiger partial charge in [0.15, 0.2) is 5.78 Å². The lowest BCUT2D eigenvalue weighted by atomic mass is 10.0. The molecule has 0 fully saturated rings. The first-order chi connectivity index (χ1) is 10.1. The van der Waals surface area contributed by atoms with Crippen LogP contribution in [0.1, 0.15) is 15.9 Å². The maximum atomic E-state index is 12.6. The summed E-state index contributed by atoms with van der Waals surface area (Å²) in [5.74, 6) is 0.568. The molecule has 0 saturated heterocycles. The Hall–Kier alpha value is -2.62.